The molecule has 1 saturated carbocycles. The second-order valence-corrected chi connectivity index (χ2v) is 7.36. The van der Waals surface area contributed by atoms with Crippen LogP contribution < -0.4 is 10.6 Å². The van der Waals surface area contributed by atoms with Gasteiger partial charge in [0.05, 0.1) is 24.4 Å². The third-order valence-corrected chi connectivity index (χ3v) is 5.27. The van der Waals surface area contributed by atoms with Crippen LogP contribution in [0.15, 0.2) is 24.7 Å². The second-order valence-electron chi connectivity index (χ2n) is 6.92. The average Bonchev–Trinajstić information content (AvgIpc) is 3.14. The number of H-pyrrole nitrogens is 1. The molecule has 3 aromatic rings. The number of alkyl carbamates (subject to hydrolysis) is 1. The predicted octanol–water partition coefficient (Wildman–Crippen LogP) is 3.89. The molecular weight excluding hydrogens is 399 g/mol. The molecule has 3 N–H and O–H groups in total. The molecule has 1 aliphatic carbocycles. The number of nitrogens with one attached hydrogen (secondary N) is 3. The van der Waals surface area contributed by atoms with E-state index in [0.29, 0.717) is 22.1 Å². The Morgan fingerprint density at radius 2 is 2.07 bits per heavy atom. The molecule has 1 fully saturated rings. The van der Waals surface area contributed by atoms with Crippen LogP contribution in [0, 0.1) is 5.82 Å². The topological polar surface area (TPSA) is 105 Å². The summed E-state index contributed by atoms with van der Waals surface area (Å²) in [7, 11) is 1.32. The number of aromatic nitrogens is 4. The van der Waals surface area contributed by atoms with E-state index in [1.807, 2.05) is 0 Å². The molecule has 0 aliphatic heterocycles. The van der Waals surface area contributed by atoms with Gasteiger partial charge in [0, 0.05) is 29.4 Å². The molecule has 0 radical (unpaired) electrons. The van der Waals surface area contributed by atoms with E-state index < -0.39 is 11.9 Å². The molecular formula is C19H20ClFN6O2. The number of hydrogen-bond donors (Lipinski definition) is 3. The van der Waals surface area contributed by atoms with Crippen LogP contribution in [-0.2, 0) is 4.74 Å². The minimum Gasteiger partial charge on any atom is -0.453 e. The summed E-state index contributed by atoms with van der Waals surface area (Å²) in [5, 5.41) is 7.19. The van der Waals surface area contributed by atoms with Crippen molar-refractivity contribution in [1.29, 1.82) is 0 Å². The van der Waals surface area contributed by atoms with Crippen LogP contribution in [0.25, 0.3) is 22.4 Å². The Kier molecular flexibility index (Phi) is 5.48. The lowest BCUT2D eigenvalue weighted by Crippen LogP contribution is -2.48. The first-order valence-corrected chi connectivity index (χ1v) is 9.69. The highest BCUT2D eigenvalue weighted by Crippen LogP contribution is 2.29. The molecule has 1 aliphatic rings. The molecule has 29 heavy (non-hydrogen) atoms. The van der Waals surface area contributed by atoms with Crippen molar-refractivity contribution in [3.8, 4) is 11.4 Å². The standard InChI is InChI=1S/C19H20ClFN6O2/c1-29-19(28)26-15-5-3-2-4-14(15)25-18-13(21)9-24-17(27-18)12-8-23-16-11(12)6-10(20)7-22-16/h6-9,14-15H,2-5H2,1H3,(H,22,23)(H,26,28)(H,24,25,27). The smallest absolute Gasteiger partial charge is 0.407 e. The van der Waals surface area contributed by atoms with E-state index in [9.17, 15) is 9.18 Å². The zero-order chi connectivity index (χ0) is 20.4. The lowest BCUT2D eigenvalue weighted by atomic mass is 9.90. The van der Waals surface area contributed by atoms with E-state index in [4.69, 9.17) is 16.3 Å². The summed E-state index contributed by atoms with van der Waals surface area (Å²) in [6, 6.07) is 1.41. The minimum absolute atomic E-state index is 0.0860. The maximum Gasteiger partial charge on any atom is 0.407 e. The normalized spacial score (nSPS) is 19.1. The molecule has 8 nitrogen and oxygen atoms in total. The first-order chi connectivity index (χ1) is 14.0. The number of aromatic amines is 1. The third kappa shape index (κ3) is 4.09. The summed E-state index contributed by atoms with van der Waals surface area (Å²) >= 11 is 6.06. The van der Waals surface area contributed by atoms with Gasteiger partial charge in [0.2, 0.25) is 0 Å². The molecule has 4 rings (SSSR count). The summed E-state index contributed by atoms with van der Waals surface area (Å²) in [6.07, 6.45) is 7.39. The molecule has 3 aromatic heterocycles. The lowest BCUT2D eigenvalue weighted by molar-refractivity contribution is 0.161. The molecule has 0 aromatic carbocycles. The van der Waals surface area contributed by atoms with E-state index in [2.05, 4.69) is 30.6 Å². The van der Waals surface area contributed by atoms with Gasteiger partial charge < -0.3 is 20.4 Å². The van der Waals surface area contributed by atoms with E-state index in [1.54, 1.807) is 18.5 Å². The Bertz CT molecular complexity index is 1040. The minimum atomic E-state index is -0.563. The van der Waals surface area contributed by atoms with Gasteiger partial charge in [0.1, 0.15) is 5.65 Å². The van der Waals surface area contributed by atoms with Crippen molar-refractivity contribution in [3.05, 3.63) is 35.5 Å². The Balaban J connectivity index is 1.62. The molecule has 10 heteroatoms. The highest BCUT2D eigenvalue weighted by atomic mass is 35.5. The number of carbonyl (C=O) groups is 1. The fourth-order valence-corrected chi connectivity index (χ4v) is 3.78. The number of halogens is 2. The van der Waals surface area contributed by atoms with Crippen LogP contribution in [0.4, 0.5) is 15.0 Å². The van der Waals surface area contributed by atoms with E-state index in [0.717, 1.165) is 37.3 Å². The fraction of sp³-hybridized carbons (Fsp3) is 0.368. The fourth-order valence-electron chi connectivity index (χ4n) is 3.62. The number of amides is 1. The quantitative estimate of drug-likeness (QED) is 0.593. The SMILES string of the molecule is COC(=O)NC1CCCCC1Nc1nc(-c2c[nH]c3ncc(Cl)cc23)ncc1F. The van der Waals surface area contributed by atoms with Crippen LogP contribution in [0.1, 0.15) is 25.7 Å². The summed E-state index contributed by atoms with van der Waals surface area (Å²) in [4.78, 5) is 27.4. The van der Waals surface area contributed by atoms with Crippen molar-refractivity contribution in [2.45, 2.75) is 37.8 Å². The van der Waals surface area contributed by atoms with Crippen molar-refractivity contribution in [1.82, 2.24) is 25.3 Å². The van der Waals surface area contributed by atoms with Gasteiger partial charge in [0.15, 0.2) is 17.5 Å². The molecule has 1 amide bonds. The number of rotatable bonds is 4. The molecule has 0 spiro atoms. The van der Waals surface area contributed by atoms with Crippen LogP contribution in [-0.4, -0.2) is 45.2 Å². The number of pyridine rings is 1. The monoisotopic (exact) mass is 418 g/mol. The molecule has 3 heterocycles. The highest BCUT2D eigenvalue weighted by Gasteiger charge is 2.28. The maximum absolute atomic E-state index is 14.5. The number of fused-ring (bicyclic) bond motifs is 1. The lowest BCUT2D eigenvalue weighted by Gasteiger charge is -2.32. The number of ether oxygens (including phenoxy) is 1. The molecule has 2 unspecified atom stereocenters. The van der Waals surface area contributed by atoms with Gasteiger partial charge in [-0.05, 0) is 18.9 Å². The number of hydrogen-bond acceptors (Lipinski definition) is 6. The highest BCUT2D eigenvalue weighted by molar-refractivity contribution is 6.31. The summed E-state index contributed by atoms with van der Waals surface area (Å²) in [5.74, 6) is -0.132. The van der Waals surface area contributed by atoms with Gasteiger partial charge in [0.25, 0.3) is 0 Å². The summed E-state index contributed by atoms with van der Waals surface area (Å²) in [5.41, 5.74) is 1.31. The van der Waals surface area contributed by atoms with Gasteiger partial charge in [-0.3, -0.25) is 0 Å². The zero-order valence-electron chi connectivity index (χ0n) is 15.7. The third-order valence-electron chi connectivity index (χ3n) is 5.06. The van der Waals surface area contributed by atoms with Crippen molar-refractivity contribution >= 4 is 34.5 Å². The van der Waals surface area contributed by atoms with Crippen LogP contribution in [0.2, 0.25) is 5.02 Å². The van der Waals surface area contributed by atoms with Crippen molar-refractivity contribution in [3.63, 3.8) is 0 Å². The number of nitrogens with zero attached hydrogens (tertiary/aromatic N) is 3. The van der Waals surface area contributed by atoms with Crippen molar-refractivity contribution in [2.24, 2.45) is 0 Å². The summed E-state index contributed by atoms with van der Waals surface area (Å²) in [6.45, 7) is 0. The number of carbonyl (C=O) groups excluding carboxylic acids is 1. The Morgan fingerprint density at radius 1 is 1.28 bits per heavy atom. The van der Waals surface area contributed by atoms with E-state index in [-0.39, 0.29) is 17.9 Å². The zero-order valence-corrected chi connectivity index (χ0v) is 16.5. The van der Waals surface area contributed by atoms with Gasteiger partial charge in [-0.15, -0.1) is 0 Å². The van der Waals surface area contributed by atoms with E-state index >= 15 is 0 Å². The van der Waals surface area contributed by atoms with Crippen molar-refractivity contribution in [2.75, 3.05) is 12.4 Å². The molecule has 152 valence electrons. The van der Waals surface area contributed by atoms with Gasteiger partial charge in [-0.2, -0.15) is 0 Å². The maximum atomic E-state index is 14.5. The molecule has 2 atom stereocenters. The van der Waals surface area contributed by atoms with Gasteiger partial charge in [-0.1, -0.05) is 24.4 Å². The van der Waals surface area contributed by atoms with Gasteiger partial charge in [-0.25, -0.2) is 24.1 Å². The van der Waals surface area contributed by atoms with Gasteiger partial charge >= 0.3 is 6.09 Å². The first-order valence-electron chi connectivity index (χ1n) is 9.31. The Hall–Kier alpha value is -2.94. The molecule has 0 saturated heterocycles. The van der Waals surface area contributed by atoms with Crippen LogP contribution in [0.3, 0.4) is 0 Å². The molecule has 0 bridgehead atoms. The second kappa shape index (κ2) is 8.20. The Morgan fingerprint density at radius 3 is 2.86 bits per heavy atom. The first kappa shape index (κ1) is 19.4. The van der Waals surface area contributed by atoms with Crippen LogP contribution >= 0.6 is 11.6 Å². The van der Waals surface area contributed by atoms with Crippen molar-refractivity contribution < 1.29 is 13.9 Å². The van der Waals surface area contributed by atoms with Crippen LogP contribution in [0.5, 0.6) is 0 Å². The largest absolute Gasteiger partial charge is 0.453 e. The Labute approximate surface area is 171 Å². The summed E-state index contributed by atoms with van der Waals surface area (Å²) < 4.78 is 19.2. The average molecular weight is 419 g/mol. The predicted molar refractivity (Wildman–Crippen MR) is 107 cm³/mol. The number of anilines is 1. The number of methoxy groups -OCH3 is 1. The van der Waals surface area contributed by atoms with E-state index in [1.165, 1.54) is 7.11 Å².